The third-order valence-electron chi connectivity index (χ3n) is 1.90. The smallest absolute Gasteiger partial charge is 0.0388 e. The van der Waals surface area contributed by atoms with Gasteiger partial charge in [-0.15, -0.1) is 0 Å². The van der Waals surface area contributed by atoms with Crippen LogP contribution in [0, 0.1) is 0 Å². The van der Waals surface area contributed by atoms with Crippen LogP contribution in [0.5, 0.6) is 0 Å². The first-order valence-corrected chi connectivity index (χ1v) is 6.57. The van der Waals surface area contributed by atoms with E-state index >= 15 is 0 Å². The monoisotopic (exact) mass is 237 g/mol. The van der Waals surface area contributed by atoms with Crippen LogP contribution in [0.2, 0.25) is 0 Å². The summed E-state index contributed by atoms with van der Waals surface area (Å²) in [5.41, 5.74) is 3.54. The Morgan fingerprint density at radius 2 is 1.24 bits per heavy atom. The quantitative estimate of drug-likeness (QED) is 0.447. The van der Waals surface area contributed by atoms with Crippen LogP contribution < -0.4 is 0 Å². The van der Waals surface area contributed by atoms with E-state index in [1.54, 1.807) is 0 Å². The van der Waals surface area contributed by atoms with Crippen molar-refractivity contribution in [2.24, 2.45) is 4.99 Å². The molecule has 0 saturated carbocycles. The Hall–Kier alpha value is -1.11. The minimum absolute atomic E-state index is 1.08. The first kappa shape index (κ1) is 21.2. The Labute approximate surface area is 109 Å². The van der Waals surface area contributed by atoms with Crippen molar-refractivity contribution in [2.45, 2.75) is 55.4 Å². The summed E-state index contributed by atoms with van der Waals surface area (Å²) in [4.78, 5) is 4.18. The predicted molar refractivity (Wildman–Crippen MR) is 84.1 cm³/mol. The number of hydrogen-bond donors (Lipinski definition) is 0. The van der Waals surface area contributed by atoms with E-state index < -0.39 is 0 Å². The van der Waals surface area contributed by atoms with Gasteiger partial charge < -0.3 is 0 Å². The SMILES string of the molecule is CC.CC.C\C=C/C(C)=C(/C=C\C)C(C)=NC. The maximum atomic E-state index is 4.18. The third kappa shape index (κ3) is 11.2. The largest absolute Gasteiger partial charge is 0.293 e. The van der Waals surface area contributed by atoms with Crippen molar-refractivity contribution in [3.05, 3.63) is 35.5 Å². The Kier molecular flexibility index (Phi) is 21.6. The summed E-state index contributed by atoms with van der Waals surface area (Å²) in [6, 6.07) is 0. The molecule has 17 heavy (non-hydrogen) atoms. The van der Waals surface area contributed by atoms with E-state index in [9.17, 15) is 0 Å². The Balaban J connectivity index is -0.000000439. The van der Waals surface area contributed by atoms with E-state index in [0.29, 0.717) is 0 Å². The molecule has 0 bridgehead atoms. The van der Waals surface area contributed by atoms with Crippen LogP contribution in [0.3, 0.4) is 0 Å². The molecular weight excluding hydrogens is 206 g/mol. The average molecular weight is 237 g/mol. The highest BCUT2D eigenvalue weighted by atomic mass is 14.7. The third-order valence-corrected chi connectivity index (χ3v) is 1.90. The van der Waals surface area contributed by atoms with Gasteiger partial charge in [-0.25, -0.2) is 0 Å². The molecule has 0 unspecified atom stereocenters. The normalized spacial score (nSPS) is 12.6. The minimum Gasteiger partial charge on any atom is -0.293 e. The second kappa shape index (κ2) is 17.3. The minimum atomic E-state index is 1.08. The van der Waals surface area contributed by atoms with Crippen molar-refractivity contribution in [1.29, 1.82) is 0 Å². The number of nitrogens with zero attached hydrogens (tertiary/aromatic N) is 1. The summed E-state index contributed by atoms with van der Waals surface area (Å²) in [7, 11) is 1.82. The summed E-state index contributed by atoms with van der Waals surface area (Å²) in [6.07, 6.45) is 8.28. The van der Waals surface area contributed by atoms with Crippen molar-refractivity contribution >= 4 is 5.71 Å². The molecule has 0 aliphatic heterocycles. The molecular formula is C16H31N. The van der Waals surface area contributed by atoms with Crippen molar-refractivity contribution in [3.63, 3.8) is 0 Å². The van der Waals surface area contributed by atoms with Gasteiger partial charge in [-0.2, -0.15) is 0 Å². The van der Waals surface area contributed by atoms with Gasteiger partial charge in [0, 0.05) is 12.8 Å². The number of hydrogen-bond acceptors (Lipinski definition) is 1. The van der Waals surface area contributed by atoms with E-state index in [4.69, 9.17) is 0 Å². The zero-order valence-electron chi connectivity index (χ0n) is 13.3. The molecule has 0 rings (SSSR count). The first-order valence-electron chi connectivity index (χ1n) is 6.57. The second-order valence-electron chi connectivity index (χ2n) is 2.91. The molecule has 1 heteroatoms. The van der Waals surface area contributed by atoms with Crippen LogP contribution in [-0.2, 0) is 0 Å². The van der Waals surface area contributed by atoms with E-state index in [1.807, 2.05) is 67.7 Å². The molecule has 0 saturated heterocycles. The van der Waals surface area contributed by atoms with Crippen LogP contribution in [0.25, 0.3) is 0 Å². The van der Waals surface area contributed by atoms with Crippen LogP contribution in [0.1, 0.15) is 55.4 Å². The highest BCUT2D eigenvalue weighted by Gasteiger charge is 1.98. The lowest BCUT2D eigenvalue weighted by atomic mass is 10.0. The van der Waals surface area contributed by atoms with Gasteiger partial charge in [-0.3, -0.25) is 4.99 Å². The Morgan fingerprint density at radius 3 is 1.53 bits per heavy atom. The number of allylic oxidation sites excluding steroid dienone is 6. The van der Waals surface area contributed by atoms with E-state index in [1.165, 1.54) is 11.1 Å². The lowest BCUT2D eigenvalue weighted by Gasteiger charge is -2.03. The lowest BCUT2D eigenvalue weighted by Crippen LogP contribution is -1.96. The molecule has 0 fully saturated rings. The van der Waals surface area contributed by atoms with Crippen molar-refractivity contribution in [1.82, 2.24) is 0 Å². The molecule has 100 valence electrons. The summed E-state index contributed by atoms with van der Waals surface area (Å²) in [5, 5.41) is 0. The molecule has 0 N–H and O–H groups in total. The Bertz CT molecular complexity index is 265. The second-order valence-corrected chi connectivity index (χ2v) is 2.91. The zero-order valence-corrected chi connectivity index (χ0v) is 13.3. The van der Waals surface area contributed by atoms with Crippen LogP contribution in [0.15, 0.2) is 40.4 Å². The summed E-state index contributed by atoms with van der Waals surface area (Å²) < 4.78 is 0. The molecule has 0 amide bonds. The molecule has 1 nitrogen and oxygen atoms in total. The van der Waals surface area contributed by atoms with Crippen LogP contribution >= 0.6 is 0 Å². The maximum absolute atomic E-state index is 4.18. The molecule has 0 heterocycles. The number of aliphatic imine (C=N–C) groups is 1. The molecule has 0 aliphatic carbocycles. The average Bonchev–Trinajstić information content (AvgIpc) is 2.40. The number of rotatable bonds is 3. The van der Waals surface area contributed by atoms with Crippen molar-refractivity contribution in [3.8, 4) is 0 Å². The van der Waals surface area contributed by atoms with E-state index in [-0.39, 0.29) is 0 Å². The summed E-state index contributed by atoms with van der Waals surface area (Å²) in [5.74, 6) is 0. The zero-order chi connectivity index (χ0) is 14.3. The highest BCUT2D eigenvalue weighted by Crippen LogP contribution is 2.09. The molecule has 0 aromatic carbocycles. The van der Waals surface area contributed by atoms with Crippen molar-refractivity contribution in [2.75, 3.05) is 7.05 Å². The highest BCUT2D eigenvalue weighted by molar-refractivity contribution is 6.01. The molecule has 0 aromatic heterocycles. The molecule has 0 spiro atoms. The summed E-state index contributed by atoms with van der Waals surface area (Å²) >= 11 is 0. The van der Waals surface area contributed by atoms with Gasteiger partial charge >= 0.3 is 0 Å². The fourth-order valence-electron chi connectivity index (χ4n) is 1.16. The van der Waals surface area contributed by atoms with Gasteiger partial charge in [0.2, 0.25) is 0 Å². The molecule has 0 atom stereocenters. The van der Waals surface area contributed by atoms with Crippen molar-refractivity contribution < 1.29 is 0 Å². The van der Waals surface area contributed by atoms with E-state index in [2.05, 4.69) is 24.1 Å². The van der Waals surface area contributed by atoms with Crippen LogP contribution in [-0.4, -0.2) is 12.8 Å². The topological polar surface area (TPSA) is 12.4 Å². The lowest BCUT2D eigenvalue weighted by molar-refractivity contribution is 1.38. The van der Waals surface area contributed by atoms with Gasteiger partial charge in [0.05, 0.1) is 0 Å². The molecule has 0 radical (unpaired) electrons. The summed E-state index contributed by atoms with van der Waals surface area (Å²) in [6.45, 7) is 16.2. The predicted octanol–water partition coefficient (Wildman–Crippen LogP) is 5.60. The Morgan fingerprint density at radius 1 is 0.824 bits per heavy atom. The van der Waals surface area contributed by atoms with Gasteiger partial charge in [-0.1, -0.05) is 52.0 Å². The van der Waals surface area contributed by atoms with Crippen LogP contribution in [0.4, 0.5) is 0 Å². The fourth-order valence-corrected chi connectivity index (χ4v) is 1.16. The van der Waals surface area contributed by atoms with E-state index in [0.717, 1.165) is 5.71 Å². The van der Waals surface area contributed by atoms with Gasteiger partial charge in [-0.05, 0) is 38.8 Å². The van der Waals surface area contributed by atoms with Gasteiger partial charge in [0.15, 0.2) is 0 Å². The molecule has 0 aromatic rings. The van der Waals surface area contributed by atoms with Gasteiger partial charge in [0.1, 0.15) is 0 Å². The fraction of sp³-hybridized carbons (Fsp3) is 0.562. The van der Waals surface area contributed by atoms with Gasteiger partial charge in [0.25, 0.3) is 0 Å². The maximum Gasteiger partial charge on any atom is 0.0388 e. The molecule has 0 aliphatic rings. The first-order chi connectivity index (χ1) is 8.17. The standard InChI is InChI=1S/C12H19N.2C2H6/c1-6-8-10(3)12(9-7-2)11(4)13-5;2*1-2/h6-9H,1-5H3;2*1-2H3/b8-6-,9-7-,12-10-,13-11?;;.